The number of alkyl halides is 2. The van der Waals surface area contributed by atoms with Crippen molar-refractivity contribution in [2.24, 2.45) is 5.73 Å². The van der Waals surface area contributed by atoms with Crippen molar-refractivity contribution in [1.29, 1.82) is 0 Å². The van der Waals surface area contributed by atoms with Gasteiger partial charge < -0.3 is 91.1 Å². The number of nitrogens with two attached hydrogens (primary N) is 5. The molecule has 1 fully saturated rings. The zero-order valence-electron chi connectivity index (χ0n) is 90.6. The standard InChI is InChI=1S/C20H29N3O4S.C16H21ClN2O3S.C16H20N2O4S.C14H18N2O3S.C7H10O4.C6H11ClO2.C5H8O2.C3H4N2S.4C2H4O2.C2H5O.Na.Pb/c1-12-14-15(21)17(19(24)27-20(3,4)5)28-18(14)22-13(2)16(12)26-11-8-23-6-9-25-10-7-23;1-8-10-11(18)13(15(20)22-16(3,4)5)23-14(10)19-9(2)12(8)21-7-6-17;1-7-10-11(17)13(15(20)22-16(4,5)6)23-14(10)18-8(2)12(7)21-9(3)19;1-6-8-9(15)11(13(18)19-14(3,4)5)20-12(8)16-7(2)10(6)17;1-4(8)7(5(2)9)11-6(3)10;1-6(2,3)9-5(8)4-7;1-4(6)3-5(2)7;1-5-2-3(4)6;4*1-2(3)4;1-2-3;;/h6-11,21H2,1-5H3;6-7,18H2,1-5H3;17H2,1-6H3;17H,15H2,1-5H3;7H,1-3H3;4H2,1-3H3;3H2,1-2H3;2H2,(H2,4,6);4*1H3,(H,3,4);2H2,1H3;;/q;;;;;;;;;;;;-1;+1;+4/p-4. The van der Waals surface area contributed by atoms with E-state index in [1.165, 1.54) is 80.0 Å². The van der Waals surface area contributed by atoms with E-state index in [9.17, 15) is 77.0 Å². The van der Waals surface area contributed by atoms with Crippen LogP contribution in [0.4, 0.5) is 22.7 Å². The molecule has 1 aliphatic rings. The van der Waals surface area contributed by atoms with Gasteiger partial charge in [-0.1, -0.05) is 19.1 Å². The molecule has 0 radical (unpaired) electrons. The fourth-order valence-electron chi connectivity index (χ4n) is 12.0. The molecule has 9 rings (SSSR count). The first-order valence-corrected chi connectivity index (χ1v) is 56.0. The molecule has 8 aromatic heterocycles. The number of nitrogens with zero attached hydrogens (tertiary/aromatic N) is 6. The molecule has 51 heteroatoms. The zero-order valence-corrected chi connectivity index (χ0v) is 102. The second-order valence-corrected chi connectivity index (χ2v) is 48.9. The van der Waals surface area contributed by atoms with Crippen molar-refractivity contribution in [3.8, 4) is 23.0 Å². The van der Waals surface area contributed by atoms with E-state index >= 15 is 0 Å². The van der Waals surface area contributed by atoms with Gasteiger partial charge in [-0.25, -0.2) is 45.7 Å². The Hall–Kier alpha value is -10.3. The summed E-state index contributed by atoms with van der Waals surface area (Å²) < 4.78 is 71.7. The van der Waals surface area contributed by atoms with E-state index in [-0.39, 0.29) is 83.3 Å². The number of ether oxygens (including phenoxy) is 10. The van der Waals surface area contributed by atoms with Crippen molar-refractivity contribution in [2.75, 3.05) is 93.9 Å². The summed E-state index contributed by atoms with van der Waals surface area (Å²) in [7, 11) is 0. The van der Waals surface area contributed by atoms with Gasteiger partial charge in [0.15, 0.2) is 22.3 Å². The van der Waals surface area contributed by atoms with Gasteiger partial charge >= 0.3 is 176 Å². The van der Waals surface area contributed by atoms with Crippen molar-refractivity contribution < 1.29 is 170 Å². The second-order valence-electron chi connectivity index (χ2n) is 36.6. The average molecular weight is 2420 g/mol. The number of fused-ring (bicyclic) bond motifs is 4. The van der Waals surface area contributed by atoms with Crippen molar-refractivity contribution in [3.63, 3.8) is 0 Å². The number of aromatic hydroxyl groups is 1. The van der Waals surface area contributed by atoms with E-state index in [0.29, 0.717) is 121 Å². The number of hydrogen-bond acceptors (Lipinski definition) is 45. The second kappa shape index (κ2) is 63.7. The summed E-state index contributed by atoms with van der Waals surface area (Å²) >= 11 is 14.7. The zero-order chi connectivity index (χ0) is 114. The van der Waals surface area contributed by atoms with Gasteiger partial charge in [0.05, 0.1) is 71.0 Å². The van der Waals surface area contributed by atoms with Crippen molar-refractivity contribution in [1.82, 2.24) is 24.8 Å². The van der Waals surface area contributed by atoms with Crippen LogP contribution in [-0.4, -0.2) is 252 Å². The van der Waals surface area contributed by atoms with E-state index < -0.39 is 128 Å². The number of Topliss-reactive ketones (excluding diaryl/α,β-unsaturated/α-hetero) is 4. The minimum atomic E-state index is -5.43. The Morgan fingerprint density at radius 2 is 0.757 bits per heavy atom. The number of anilines is 4. The number of aryl methyl sites for hydroxylation is 8. The van der Waals surface area contributed by atoms with Gasteiger partial charge in [-0.2, -0.15) is 0 Å². The molecular formula is C97H138Cl2N11NaO31PbS5. The van der Waals surface area contributed by atoms with Gasteiger partial charge in [-0.15, -0.1) is 75.2 Å². The molecule has 8 aromatic rings. The number of ketones is 4. The Balaban J connectivity index is 0. The van der Waals surface area contributed by atoms with Crippen LogP contribution < -0.4 is 77.5 Å². The molecule has 11 N–H and O–H groups in total. The number of pyridine rings is 4. The van der Waals surface area contributed by atoms with Crippen LogP contribution in [0.25, 0.3) is 45.7 Å². The number of morpholine rings is 1. The number of carbonyl (C=O) groups is 15. The quantitative estimate of drug-likeness (QED) is 0.00659. The molecule has 0 saturated carbocycles. The maximum atomic E-state index is 12.5. The first kappa shape index (κ1) is 140. The SMILES string of the molecule is CC(=O)CC(C)=O.CC(=O)OC(C(C)=O)C(C)=O.CC(=O)Oc1c(C)nc2sc(C(=O)OC(C)(C)C)c(N)c2c1C.CC(=O)[O][Pb]([O]C(C)=O)([O]C(C)=O)[O]C(C)=O.CC(C)(C)OC(=O)CCl.CC[O-].Cc1nc2sc(C(=O)OC(C)(C)C)c(N)c2c(C)c1O.Cc1nc2sc(C(=O)OC(C)(C)C)c(N)c2c(C)c1OCCCl.Cc1nc2sc(C(=O)OC(C)(C)C)c(N)c2c(C)c1OCCN1CCOCC1.[C-]#[N+]CC(N)=S.[Na+]. The van der Waals surface area contributed by atoms with Crippen LogP contribution in [0.1, 0.15) is 270 Å². The predicted molar refractivity (Wildman–Crippen MR) is 568 cm³/mol. The number of halogens is 2. The van der Waals surface area contributed by atoms with Gasteiger partial charge in [-0.3, -0.25) is 38.5 Å². The topological polar surface area (TPSA) is 618 Å². The summed E-state index contributed by atoms with van der Waals surface area (Å²) in [6.07, 6.45) is -1.13. The molecule has 816 valence electrons. The van der Waals surface area contributed by atoms with E-state index in [0.717, 1.165) is 111 Å². The Morgan fingerprint density at radius 3 is 0.980 bits per heavy atom. The number of carbonyl (C=O) groups excluding carboxylic acids is 15. The first-order valence-electron chi connectivity index (χ1n) is 45.0. The fourth-order valence-corrected chi connectivity index (χ4v) is 22.9. The monoisotopic (exact) mass is 2410 g/mol. The molecule has 0 aliphatic carbocycles. The summed E-state index contributed by atoms with van der Waals surface area (Å²) in [5.74, 6) is -5.56. The number of thiocarbonyl (C=S) groups is 1. The maximum absolute atomic E-state index is 12.5. The summed E-state index contributed by atoms with van der Waals surface area (Å²) in [6.45, 7) is 66.6. The van der Waals surface area contributed by atoms with Crippen LogP contribution in [0.15, 0.2) is 0 Å². The number of aromatic nitrogens is 4. The Kier molecular flexibility index (Phi) is 60.1. The van der Waals surface area contributed by atoms with Crippen LogP contribution in [0.5, 0.6) is 23.0 Å². The molecule has 0 atom stereocenters. The third kappa shape index (κ3) is 50.1. The Labute approximate surface area is 922 Å². The summed E-state index contributed by atoms with van der Waals surface area (Å²) in [5.41, 5.74) is 34.0. The van der Waals surface area contributed by atoms with Gasteiger partial charge in [0.25, 0.3) is 6.54 Å². The summed E-state index contributed by atoms with van der Waals surface area (Å²) in [4.78, 5) is 194. The molecule has 0 aromatic carbocycles. The van der Waals surface area contributed by atoms with Crippen LogP contribution in [0.2, 0.25) is 0 Å². The van der Waals surface area contributed by atoms with Crippen molar-refractivity contribution in [3.05, 3.63) is 76.0 Å². The summed E-state index contributed by atoms with van der Waals surface area (Å²) in [6, 6.07) is 0. The van der Waals surface area contributed by atoms with Gasteiger partial charge in [0.2, 0.25) is 6.10 Å². The van der Waals surface area contributed by atoms with Crippen LogP contribution in [0.3, 0.4) is 0 Å². The molecular weight excluding hydrogens is 2280 g/mol. The molecule has 0 spiro atoms. The van der Waals surface area contributed by atoms with Crippen LogP contribution >= 0.6 is 80.8 Å². The minimum Gasteiger partial charge on any atom is -0.855 e. The normalized spacial score (nSPS) is 11.5. The Bertz CT molecular complexity index is 6000. The molecule has 0 bridgehead atoms. The molecule has 1 saturated heterocycles. The number of esters is 7. The minimum absolute atomic E-state index is 0. The maximum Gasteiger partial charge on any atom is 1.00 e. The third-order valence-corrected chi connectivity index (χ3v) is 30.2. The van der Waals surface area contributed by atoms with Crippen molar-refractivity contribution in [2.45, 2.75) is 276 Å². The molecule has 9 heterocycles. The molecule has 0 amide bonds. The van der Waals surface area contributed by atoms with Crippen molar-refractivity contribution >= 4 is 261 Å². The van der Waals surface area contributed by atoms with Crippen LogP contribution in [0, 0.1) is 62.0 Å². The Morgan fingerprint density at radius 1 is 0.473 bits per heavy atom. The van der Waals surface area contributed by atoms with Crippen LogP contribution in [-0.2, 0) is 96.6 Å². The van der Waals surface area contributed by atoms with E-state index in [2.05, 4.69) is 57.4 Å². The molecule has 1 aliphatic heterocycles. The summed E-state index contributed by atoms with van der Waals surface area (Å²) in [5, 5.41) is 21.6. The van der Waals surface area contributed by atoms with Gasteiger partial charge in [-0.05, 0) is 187 Å². The van der Waals surface area contributed by atoms with E-state index in [1.54, 1.807) is 96.9 Å². The predicted octanol–water partition coefficient (Wildman–Crippen LogP) is 12.2. The molecule has 0 unspecified atom stereocenters. The smallest absolute Gasteiger partial charge is 0.855 e. The number of hydrogen-bond donors (Lipinski definition) is 6. The first-order chi connectivity index (χ1) is 67.3. The number of thiophene rings is 4. The molecule has 148 heavy (non-hydrogen) atoms. The fraction of sp³-hybridized carbons (Fsp3) is 0.536. The molecule has 42 nitrogen and oxygen atoms in total. The van der Waals surface area contributed by atoms with E-state index in [1.807, 2.05) is 69.2 Å². The number of nitrogen functional groups attached to an aromatic ring is 4. The largest absolute Gasteiger partial charge is 1.00 e. The van der Waals surface area contributed by atoms with E-state index in [4.69, 9.17) is 106 Å². The van der Waals surface area contributed by atoms with Gasteiger partial charge in [0, 0.05) is 77.3 Å². The number of rotatable bonds is 23. The van der Waals surface area contributed by atoms with Gasteiger partial charge in [0.1, 0.15) is 115 Å². The third-order valence-electron chi connectivity index (χ3n) is 17.0. The average Bonchev–Trinajstić information content (AvgIpc) is 1.63.